The van der Waals surface area contributed by atoms with Gasteiger partial charge in [0.05, 0.1) is 4.90 Å². The lowest BCUT2D eigenvalue weighted by molar-refractivity contribution is 0.601. The van der Waals surface area contributed by atoms with Crippen LogP contribution in [0.15, 0.2) is 53.4 Å². The van der Waals surface area contributed by atoms with Crippen LogP contribution >= 0.6 is 0 Å². The Bertz CT molecular complexity index is 694. The molecule has 0 aliphatic carbocycles. The number of halogens is 1. The van der Waals surface area contributed by atoms with Gasteiger partial charge in [-0.3, -0.25) is 4.72 Å². The average Bonchev–Trinajstić information content (AvgIpc) is 2.49. The molecule has 0 heterocycles. The number of benzene rings is 2. The van der Waals surface area contributed by atoms with Crippen LogP contribution in [0.25, 0.3) is 0 Å². The first kappa shape index (κ1) is 15.5. The van der Waals surface area contributed by atoms with Gasteiger partial charge in [-0.1, -0.05) is 26.0 Å². The van der Waals surface area contributed by atoms with Crippen molar-refractivity contribution in [2.24, 2.45) is 0 Å². The Labute approximate surface area is 124 Å². The Morgan fingerprint density at radius 2 is 1.62 bits per heavy atom. The highest BCUT2D eigenvalue weighted by atomic mass is 32.2. The van der Waals surface area contributed by atoms with Crippen LogP contribution in [0.1, 0.15) is 31.7 Å². The minimum Gasteiger partial charge on any atom is -0.280 e. The molecule has 0 saturated carbocycles. The van der Waals surface area contributed by atoms with Crippen LogP contribution in [0.2, 0.25) is 0 Å². The average molecular weight is 307 g/mol. The number of hydrogen-bond acceptors (Lipinski definition) is 2. The molecular weight excluding hydrogens is 289 g/mol. The maximum atomic E-state index is 12.8. The molecule has 5 heteroatoms. The second-order valence-electron chi connectivity index (χ2n) is 4.99. The van der Waals surface area contributed by atoms with Crippen LogP contribution in [0.5, 0.6) is 0 Å². The van der Waals surface area contributed by atoms with Crippen molar-refractivity contribution in [2.75, 3.05) is 4.72 Å². The summed E-state index contributed by atoms with van der Waals surface area (Å²) in [6, 6.07) is 12.0. The van der Waals surface area contributed by atoms with Gasteiger partial charge in [0, 0.05) is 5.69 Å². The fourth-order valence-corrected chi connectivity index (χ4v) is 3.00. The summed E-state index contributed by atoms with van der Waals surface area (Å²) < 4.78 is 39.7. The van der Waals surface area contributed by atoms with E-state index in [1.54, 1.807) is 12.1 Å². The van der Waals surface area contributed by atoms with Crippen molar-refractivity contribution in [3.05, 3.63) is 59.9 Å². The zero-order valence-electron chi connectivity index (χ0n) is 12.0. The summed E-state index contributed by atoms with van der Waals surface area (Å²) >= 11 is 0. The normalized spacial score (nSPS) is 12.9. The number of sulfonamides is 1. The molecule has 21 heavy (non-hydrogen) atoms. The third-order valence-corrected chi connectivity index (χ3v) is 4.87. The first-order valence-electron chi connectivity index (χ1n) is 6.80. The van der Waals surface area contributed by atoms with Crippen LogP contribution in [-0.4, -0.2) is 8.42 Å². The molecule has 112 valence electrons. The molecule has 0 amide bonds. The summed E-state index contributed by atoms with van der Waals surface area (Å²) in [6.07, 6.45) is 1.000. The second kappa shape index (κ2) is 6.26. The standard InChI is InChI=1S/C16H18FNO2S/c1-3-12(2)13-4-10-16(11-5-13)21(19,20)18-15-8-6-14(17)7-9-15/h4-12,18H,3H2,1-2H3. The minimum atomic E-state index is -3.65. The van der Waals surface area contributed by atoms with Crippen molar-refractivity contribution in [1.82, 2.24) is 0 Å². The molecule has 1 unspecified atom stereocenters. The Morgan fingerprint density at radius 3 is 2.14 bits per heavy atom. The molecular formula is C16H18FNO2S. The van der Waals surface area contributed by atoms with Gasteiger partial charge in [-0.15, -0.1) is 0 Å². The molecule has 0 aromatic heterocycles. The fourth-order valence-electron chi connectivity index (χ4n) is 1.94. The zero-order valence-corrected chi connectivity index (χ0v) is 12.8. The first-order valence-corrected chi connectivity index (χ1v) is 8.29. The summed E-state index contributed by atoms with van der Waals surface area (Å²) in [4.78, 5) is 0.193. The maximum Gasteiger partial charge on any atom is 0.261 e. The van der Waals surface area contributed by atoms with Crippen LogP contribution in [-0.2, 0) is 10.0 Å². The van der Waals surface area contributed by atoms with E-state index in [4.69, 9.17) is 0 Å². The van der Waals surface area contributed by atoms with Crippen molar-refractivity contribution < 1.29 is 12.8 Å². The van der Waals surface area contributed by atoms with Crippen molar-refractivity contribution in [2.45, 2.75) is 31.1 Å². The van der Waals surface area contributed by atoms with Gasteiger partial charge in [-0.2, -0.15) is 0 Å². The molecule has 0 saturated heterocycles. The molecule has 0 bridgehead atoms. The van der Waals surface area contributed by atoms with E-state index in [-0.39, 0.29) is 4.90 Å². The molecule has 0 radical (unpaired) electrons. The van der Waals surface area contributed by atoms with Gasteiger partial charge < -0.3 is 0 Å². The van der Waals surface area contributed by atoms with Gasteiger partial charge in [0.2, 0.25) is 0 Å². The molecule has 0 aliphatic heterocycles. The Kier molecular flexibility index (Phi) is 4.63. The quantitative estimate of drug-likeness (QED) is 0.902. The van der Waals surface area contributed by atoms with E-state index < -0.39 is 15.8 Å². The molecule has 0 spiro atoms. The molecule has 0 aliphatic rings. The Balaban J connectivity index is 2.21. The van der Waals surface area contributed by atoms with Gasteiger partial charge in [-0.05, 0) is 54.3 Å². The van der Waals surface area contributed by atoms with E-state index in [9.17, 15) is 12.8 Å². The summed E-state index contributed by atoms with van der Waals surface area (Å²) in [5.41, 5.74) is 1.45. The third-order valence-electron chi connectivity index (χ3n) is 3.47. The molecule has 1 atom stereocenters. The molecule has 2 aromatic carbocycles. The summed E-state index contributed by atoms with van der Waals surface area (Å²) in [5, 5.41) is 0. The lowest BCUT2D eigenvalue weighted by Crippen LogP contribution is -2.13. The number of rotatable bonds is 5. The van der Waals surface area contributed by atoms with Crippen LogP contribution in [0.3, 0.4) is 0 Å². The van der Waals surface area contributed by atoms with Crippen molar-refractivity contribution in [3.8, 4) is 0 Å². The topological polar surface area (TPSA) is 46.2 Å². The minimum absolute atomic E-state index is 0.193. The summed E-state index contributed by atoms with van der Waals surface area (Å²) in [5.74, 6) is -0.0114. The summed E-state index contributed by atoms with van der Waals surface area (Å²) in [7, 11) is -3.65. The van der Waals surface area contributed by atoms with E-state index in [1.165, 1.54) is 24.3 Å². The Morgan fingerprint density at radius 1 is 1.05 bits per heavy atom. The number of anilines is 1. The number of hydrogen-bond donors (Lipinski definition) is 1. The molecule has 2 rings (SSSR count). The fraction of sp³-hybridized carbons (Fsp3) is 0.250. The predicted octanol–water partition coefficient (Wildman–Crippen LogP) is 4.14. The van der Waals surface area contributed by atoms with E-state index in [2.05, 4.69) is 18.6 Å². The predicted molar refractivity (Wildman–Crippen MR) is 82.4 cm³/mol. The van der Waals surface area contributed by atoms with Gasteiger partial charge in [-0.25, -0.2) is 12.8 Å². The van der Waals surface area contributed by atoms with E-state index in [0.29, 0.717) is 11.6 Å². The van der Waals surface area contributed by atoms with E-state index in [1.807, 2.05) is 12.1 Å². The molecule has 2 aromatic rings. The second-order valence-corrected chi connectivity index (χ2v) is 6.67. The monoisotopic (exact) mass is 307 g/mol. The highest BCUT2D eigenvalue weighted by Crippen LogP contribution is 2.22. The molecule has 3 nitrogen and oxygen atoms in total. The van der Waals surface area contributed by atoms with Gasteiger partial charge in [0.25, 0.3) is 10.0 Å². The third kappa shape index (κ3) is 3.82. The maximum absolute atomic E-state index is 12.8. The lowest BCUT2D eigenvalue weighted by atomic mass is 9.99. The van der Waals surface area contributed by atoms with Crippen molar-refractivity contribution in [1.29, 1.82) is 0 Å². The summed E-state index contributed by atoms with van der Waals surface area (Å²) in [6.45, 7) is 4.19. The van der Waals surface area contributed by atoms with Gasteiger partial charge in [0.15, 0.2) is 0 Å². The zero-order chi connectivity index (χ0) is 15.5. The smallest absolute Gasteiger partial charge is 0.261 e. The Hall–Kier alpha value is -1.88. The molecule has 0 fully saturated rings. The largest absolute Gasteiger partial charge is 0.280 e. The van der Waals surface area contributed by atoms with Crippen molar-refractivity contribution in [3.63, 3.8) is 0 Å². The van der Waals surface area contributed by atoms with Gasteiger partial charge >= 0.3 is 0 Å². The first-order chi connectivity index (χ1) is 9.92. The number of nitrogens with one attached hydrogen (secondary N) is 1. The van der Waals surface area contributed by atoms with Crippen LogP contribution < -0.4 is 4.72 Å². The van der Waals surface area contributed by atoms with Crippen LogP contribution in [0, 0.1) is 5.82 Å². The van der Waals surface area contributed by atoms with E-state index in [0.717, 1.165) is 12.0 Å². The van der Waals surface area contributed by atoms with Gasteiger partial charge in [0.1, 0.15) is 5.82 Å². The van der Waals surface area contributed by atoms with Crippen molar-refractivity contribution >= 4 is 15.7 Å². The lowest BCUT2D eigenvalue weighted by Gasteiger charge is -2.11. The van der Waals surface area contributed by atoms with E-state index >= 15 is 0 Å². The van der Waals surface area contributed by atoms with Crippen LogP contribution in [0.4, 0.5) is 10.1 Å². The highest BCUT2D eigenvalue weighted by Gasteiger charge is 2.14. The molecule has 1 N–H and O–H groups in total. The highest BCUT2D eigenvalue weighted by molar-refractivity contribution is 7.92. The SMILES string of the molecule is CCC(C)c1ccc(S(=O)(=O)Nc2ccc(F)cc2)cc1.